The maximum absolute atomic E-state index is 13.6. The van der Waals surface area contributed by atoms with Gasteiger partial charge in [-0.1, -0.05) is 30.5 Å². The topological polar surface area (TPSA) is 26.0 Å². The quantitative estimate of drug-likeness (QED) is 0.867. The van der Waals surface area contributed by atoms with E-state index in [1.165, 1.54) is 31.7 Å². The summed E-state index contributed by atoms with van der Waals surface area (Å²) in [5.41, 5.74) is 6.88. The number of rotatable bonds is 4. The van der Waals surface area contributed by atoms with E-state index in [0.717, 1.165) is 12.0 Å². The van der Waals surface area contributed by atoms with E-state index in [1.54, 1.807) is 12.1 Å². The smallest absolute Gasteiger partial charge is 0.127 e. The standard InChI is InChI=1S/C14H19ClFN/c15-12-7-5-10(13(16)9-12)6-8-14(17)11-3-1-2-4-11/h5,7,9,11,14H,1-4,6,8,17H2. The van der Waals surface area contributed by atoms with E-state index < -0.39 is 0 Å². The molecule has 17 heavy (non-hydrogen) atoms. The minimum atomic E-state index is -0.212. The molecule has 1 atom stereocenters. The third-order valence-electron chi connectivity index (χ3n) is 3.77. The van der Waals surface area contributed by atoms with Gasteiger partial charge in [-0.3, -0.25) is 0 Å². The summed E-state index contributed by atoms with van der Waals surface area (Å²) >= 11 is 5.72. The van der Waals surface area contributed by atoms with E-state index in [1.807, 2.05) is 0 Å². The van der Waals surface area contributed by atoms with Crippen molar-refractivity contribution in [2.75, 3.05) is 0 Å². The van der Waals surface area contributed by atoms with Gasteiger partial charge in [-0.15, -0.1) is 0 Å². The number of benzene rings is 1. The van der Waals surface area contributed by atoms with Gasteiger partial charge < -0.3 is 5.73 Å². The van der Waals surface area contributed by atoms with Crippen LogP contribution in [0.15, 0.2) is 18.2 Å². The van der Waals surface area contributed by atoms with Crippen LogP contribution in [0.25, 0.3) is 0 Å². The lowest BCUT2D eigenvalue weighted by atomic mass is 9.93. The molecule has 1 unspecified atom stereocenters. The summed E-state index contributed by atoms with van der Waals surface area (Å²) in [5, 5.41) is 0.450. The van der Waals surface area contributed by atoms with E-state index in [4.69, 9.17) is 17.3 Å². The Bertz CT molecular complexity index is 374. The molecule has 0 bridgehead atoms. The first-order valence-corrected chi connectivity index (χ1v) is 6.74. The normalized spacial score (nSPS) is 18.5. The first-order valence-electron chi connectivity index (χ1n) is 6.36. The zero-order valence-electron chi connectivity index (χ0n) is 9.96. The van der Waals surface area contributed by atoms with Crippen molar-refractivity contribution in [3.05, 3.63) is 34.6 Å². The van der Waals surface area contributed by atoms with E-state index in [9.17, 15) is 4.39 Å². The summed E-state index contributed by atoms with van der Waals surface area (Å²) in [4.78, 5) is 0. The predicted molar refractivity (Wildman–Crippen MR) is 69.7 cm³/mol. The minimum absolute atomic E-state index is 0.212. The molecule has 1 fully saturated rings. The maximum atomic E-state index is 13.6. The van der Waals surface area contributed by atoms with Gasteiger partial charge in [0.1, 0.15) is 5.82 Å². The number of halogens is 2. The van der Waals surface area contributed by atoms with Crippen LogP contribution < -0.4 is 5.73 Å². The van der Waals surface area contributed by atoms with Crippen LogP contribution in [-0.4, -0.2) is 6.04 Å². The Kier molecular flexibility index (Phi) is 4.41. The molecule has 0 aromatic heterocycles. The van der Waals surface area contributed by atoms with Crippen molar-refractivity contribution in [3.8, 4) is 0 Å². The summed E-state index contributed by atoms with van der Waals surface area (Å²) in [6.45, 7) is 0. The van der Waals surface area contributed by atoms with Gasteiger partial charge in [0.2, 0.25) is 0 Å². The molecule has 94 valence electrons. The van der Waals surface area contributed by atoms with Gasteiger partial charge in [-0.25, -0.2) is 4.39 Å². The van der Waals surface area contributed by atoms with Gasteiger partial charge in [-0.05, 0) is 49.3 Å². The number of nitrogens with two attached hydrogens (primary N) is 1. The molecule has 3 heteroatoms. The van der Waals surface area contributed by atoms with Crippen molar-refractivity contribution >= 4 is 11.6 Å². The van der Waals surface area contributed by atoms with Gasteiger partial charge in [0.15, 0.2) is 0 Å². The highest BCUT2D eigenvalue weighted by molar-refractivity contribution is 6.30. The molecular formula is C14H19ClFN. The highest BCUT2D eigenvalue weighted by atomic mass is 35.5. The third-order valence-corrected chi connectivity index (χ3v) is 4.00. The molecule has 0 aliphatic heterocycles. The summed E-state index contributed by atoms with van der Waals surface area (Å²) in [7, 11) is 0. The zero-order valence-corrected chi connectivity index (χ0v) is 10.7. The lowest BCUT2D eigenvalue weighted by molar-refractivity contribution is 0.408. The SMILES string of the molecule is NC(CCc1ccc(Cl)cc1F)C1CCCC1. The van der Waals surface area contributed by atoms with E-state index in [0.29, 0.717) is 17.4 Å². The molecule has 0 amide bonds. The number of hydrogen-bond donors (Lipinski definition) is 1. The lowest BCUT2D eigenvalue weighted by Crippen LogP contribution is -2.28. The fraction of sp³-hybridized carbons (Fsp3) is 0.571. The van der Waals surface area contributed by atoms with Crippen molar-refractivity contribution < 1.29 is 4.39 Å². The molecular weight excluding hydrogens is 237 g/mol. The van der Waals surface area contributed by atoms with Gasteiger partial charge in [0.05, 0.1) is 0 Å². The van der Waals surface area contributed by atoms with Crippen LogP contribution in [-0.2, 0) is 6.42 Å². The second-order valence-electron chi connectivity index (χ2n) is 4.98. The second-order valence-corrected chi connectivity index (χ2v) is 5.42. The van der Waals surface area contributed by atoms with Crippen LogP contribution in [0.3, 0.4) is 0 Å². The Morgan fingerprint density at radius 2 is 2.06 bits per heavy atom. The molecule has 1 saturated carbocycles. The van der Waals surface area contributed by atoms with Crippen LogP contribution in [0, 0.1) is 11.7 Å². The predicted octanol–water partition coefficient (Wildman–Crippen LogP) is 3.93. The van der Waals surface area contributed by atoms with Gasteiger partial charge >= 0.3 is 0 Å². The molecule has 0 heterocycles. The second kappa shape index (κ2) is 5.83. The molecule has 0 saturated heterocycles. The Labute approximate surface area is 107 Å². The average Bonchev–Trinajstić information content (AvgIpc) is 2.81. The largest absolute Gasteiger partial charge is 0.327 e. The Balaban J connectivity index is 1.88. The Morgan fingerprint density at radius 3 is 2.71 bits per heavy atom. The van der Waals surface area contributed by atoms with Gasteiger partial charge in [-0.2, -0.15) is 0 Å². The summed E-state index contributed by atoms with van der Waals surface area (Å²) in [6, 6.07) is 5.09. The fourth-order valence-corrected chi connectivity index (χ4v) is 2.83. The summed E-state index contributed by atoms with van der Waals surface area (Å²) in [5.74, 6) is 0.432. The third kappa shape index (κ3) is 3.43. The van der Waals surface area contributed by atoms with Gasteiger partial charge in [0.25, 0.3) is 0 Å². The van der Waals surface area contributed by atoms with Crippen molar-refractivity contribution in [2.24, 2.45) is 11.7 Å². The van der Waals surface area contributed by atoms with Crippen LogP contribution in [0.1, 0.15) is 37.7 Å². The van der Waals surface area contributed by atoms with Crippen LogP contribution in [0.2, 0.25) is 5.02 Å². The van der Waals surface area contributed by atoms with Gasteiger partial charge in [0, 0.05) is 11.1 Å². The van der Waals surface area contributed by atoms with Crippen molar-refractivity contribution in [2.45, 2.75) is 44.6 Å². The van der Waals surface area contributed by atoms with E-state index in [-0.39, 0.29) is 11.9 Å². The molecule has 1 aliphatic rings. The van der Waals surface area contributed by atoms with Crippen LogP contribution in [0.4, 0.5) is 4.39 Å². The van der Waals surface area contributed by atoms with Crippen LogP contribution >= 0.6 is 11.6 Å². The molecule has 1 aromatic carbocycles. The fourth-order valence-electron chi connectivity index (χ4n) is 2.67. The van der Waals surface area contributed by atoms with E-state index in [2.05, 4.69) is 0 Å². The molecule has 1 nitrogen and oxygen atoms in total. The minimum Gasteiger partial charge on any atom is -0.327 e. The van der Waals surface area contributed by atoms with Crippen molar-refractivity contribution in [1.82, 2.24) is 0 Å². The van der Waals surface area contributed by atoms with Crippen molar-refractivity contribution in [3.63, 3.8) is 0 Å². The first kappa shape index (κ1) is 12.8. The van der Waals surface area contributed by atoms with Crippen LogP contribution in [0.5, 0.6) is 0 Å². The summed E-state index contributed by atoms with van der Waals surface area (Å²) in [6.07, 6.45) is 6.65. The highest BCUT2D eigenvalue weighted by Crippen LogP contribution is 2.28. The zero-order chi connectivity index (χ0) is 12.3. The van der Waals surface area contributed by atoms with E-state index >= 15 is 0 Å². The number of hydrogen-bond acceptors (Lipinski definition) is 1. The highest BCUT2D eigenvalue weighted by Gasteiger charge is 2.21. The monoisotopic (exact) mass is 255 g/mol. The lowest BCUT2D eigenvalue weighted by Gasteiger charge is -2.18. The molecule has 2 rings (SSSR count). The summed E-state index contributed by atoms with van der Waals surface area (Å²) < 4.78 is 13.6. The first-order chi connectivity index (χ1) is 8.16. The Hall–Kier alpha value is -0.600. The number of aryl methyl sites for hydroxylation is 1. The molecule has 0 radical (unpaired) electrons. The maximum Gasteiger partial charge on any atom is 0.127 e. The molecule has 1 aromatic rings. The van der Waals surface area contributed by atoms with Crippen molar-refractivity contribution in [1.29, 1.82) is 0 Å². The Morgan fingerprint density at radius 1 is 1.35 bits per heavy atom. The molecule has 2 N–H and O–H groups in total. The molecule has 0 spiro atoms. The molecule has 1 aliphatic carbocycles. The average molecular weight is 256 g/mol.